The fraction of sp³-hybridized carbons (Fsp3) is 0.500. The molecular weight excluding hydrogens is 288 g/mol. The van der Waals surface area contributed by atoms with E-state index in [9.17, 15) is 8.42 Å². The number of nitrogens with two attached hydrogens (primary N) is 1. The van der Waals surface area contributed by atoms with Crippen molar-refractivity contribution in [1.82, 2.24) is 4.31 Å². The Morgan fingerprint density at radius 3 is 2.42 bits per heavy atom. The molecular formula is C12H17ClN2O3S. The van der Waals surface area contributed by atoms with E-state index in [0.717, 1.165) is 0 Å². The molecule has 2 N–H and O–H groups in total. The molecule has 1 aromatic carbocycles. The summed E-state index contributed by atoms with van der Waals surface area (Å²) in [6.45, 7) is 4.35. The highest BCUT2D eigenvalue weighted by Gasteiger charge is 2.33. The monoisotopic (exact) mass is 304 g/mol. The van der Waals surface area contributed by atoms with Gasteiger partial charge in [0.2, 0.25) is 10.0 Å². The van der Waals surface area contributed by atoms with Gasteiger partial charge in [0, 0.05) is 18.8 Å². The zero-order valence-corrected chi connectivity index (χ0v) is 12.4. The second-order valence-corrected chi connectivity index (χ2v) is 7.08. The largest absolute Gasteiger partial charge is 0.399 e. The van der Waals surface area contributed by atoms with Crippen molar-refractivity contribution >= 4 is 27.3 Å². The summed E-state index contributed by atoms with van der Waals surface area (Å²) in [6, 6.07) is 4.42. The molecule has 5 nitrogen and oxygen atoms in total. The molecule has 1 heterocycles. The van der Waals surface area contributed by atoms with Crippen LogP contribution in [-0.2, 0) is 14.8 Å². The van der Waals surface area contributed by atoms with Crippen LogP contribution in [0.15, 0.2) is 23.1 Å². The van der Waals surface area contributed by atoms with Gasteiger partial charge in [0.25, 0.3) is 0 Å². The summed E-state index contributed by atoms with van der Waals surface area (Å²) in [5, 5.41) is 0.145. The van der Waals surface area contributed by atoms with E-state index in [1.807, 2.05) is 13.8 Å². The molecule has 1 fully saturated rings. The summed E-state index contributed by atoms with van der Waals surface area (Å²) in [5.74, 6) is 0. The van der Waals surface area contributed by atoms with Crippen LogP contribution in [0.25, 0.3) is 0 Å². The first-order valence-electron chi connectivity index (χ1n) is 6.01. The van der Waals surface area contributed by atoms with E-state index in [1.165, 1.54) is 22.5 Å². The Labute approximate surface area is 118 Å². The van der Waals surface area contributed by atoms with Crippen molar-refractivity contribution in [1.29, 1.82) is 0 Å². The van der Waals surface area contributed by atoms with Crippen LogP contribution >= 0.6 is 11.6 Å². The Hall–Kier alpha value is -0.820. The Morgan fingerprint density at radius 1 is 1.32 bits per heavy atom. The first kappa shape index (κ1) is 14.6. The van der Waals surface area contributed by atoms with Gasteiger partial charge >= 0.3 is 0 Å². The van der Waals surface area contributed by atoms with Crippen LogP contribution in [0.3, 0.4) is 0 Å². The third kappa shape index (κ3) is 3.02. The average molecular weight is 305 g/mol. The number of ether oxygens (including phenoxy) is 1. The summed E-state index contributed by atoms with van der Waals surface area (Å²) in [6.07, 6.45) is -0.267. The van der Waals surface area contributed by atoms with Crippen molar-refractivity contribution in [3.05, 3.63) is 23.2 Å². The van der Waals surface area contributed by atoms with Crippen LogP contribution in [0.1, 0.15) is 13.8 Å². The van der Waals surface area contributed by atoms with E-state index in [-0.39, 0.29) is 22.1 Å². The van der Waals surface area contributed by atoms with Gasteiger partial charge in [0.05, 0.1) is 17.2 Å². The lowest BCUT2D eigenvalue weighted by atomic mass is 10.3. The minimum absolute atomic E-state index is 0.0877. The molecule has 0 aromatic heterocycles. The third-order valence-electron chi connectivity index (χ3n) is 2.96. The van der Waals surface area contributed by atoms with Gasteiger partial charge in [-0.3, -0.25) is 0 Å². The van der Waals surface area contributed by atoms with Crippen LogP contribution in [0, 0.1) is 0 Å². The van der Waals surface area contributed by atoms with Crippen molar-refractivity contribution in [3.8, 4) is 0 Å². The molecule has 1 aromatic rings. The number of hydrogen-bond acceptors (Lipinski definition) is 4. The summed E-state index contributed by atoms with van der Waals surface area (Å²) in [4.78, 5) is 0.0877. The molecule has 0 bridgehead atoms. The predicted octanol–water partition coefficient (Wildman–Crippen LogP) is 1.72. The van der Waals surface area contributed by atoms with Crippen molar-refractivity contribution in [2.45, 2.75) is 31.0 Å². The van der Waals surface area contributed by atoms with Crippen molar-refractivity contribution in [2.24, 2.45) is 0 Å². The highest BCUT2D eigenvalue weighted by molar-refractivity contribution is 7.89. The number of halogens is 1. The number of rotatable bonds is 2. The first-order chi connectivity index (χ1) is 8.80. The lowest BCUT2D eigenvalue weighted by molar-refractivity contribution is -0.0440. The number of morpholine rings is 1. The van der Waals surface area contributed by atoms with Crippen LogP contribution in [0.2, 0.25) is 5.02 Å². The zero-order valence-electron chi connectivity index (χ0n) is 10.8. The molecule has 0 unspecified atom stereocenters. The molecule has 0 saturated carbocycles. The van der Waals surface area contributed by atoms with E-state index in [1.54, 1.807) is 0 Å². The molecule has 0 amide bonds. The highest BCUT2D eigenvalue weighted by Crippen LogP contribution is 2.28. The second kappa shape index (κ2) is 5.28. The van der Waals surface area contributed by atoms with Gasteiger partial charge in [-0.1, -0.05) is 11.6 Å². The van der Waals surface area contributed by atoms with Crippen molar-refractivity contribution in [2.75, 3.05) is 18.8 Å². The Kier molecular flexibility index (Phi) is 4.06. The molecule has 0 radical (unpaired) electrons. The van der Waals surface area contributed by atoms with E-state index in [2.05, 4.69) is 0 Å². The smallest absolute Gasteiger partial charge is 0.244 e. The molecule has 0 aliphatic carbocycles. The number of hydrogen-bond donors (Lipinski definition) is 1. The maximum Gasteiger partial charge on any atom is 0.244 e. The SMILES string of the molecule is C[C@@H]1CN(S(=O)(=O)c2ccc(N)cc2Cl)C[C@H](C)O1. The fourth-order valence-electron chi connectivity index (χ4n) is 2.19. The maximum atomic E-state index is 12.6. The van der Waals surface area contributed by atoms with E-state index < -0.39 is 10.0 Å². The van der Waals surface area contributed by atoms with Gasteiger partial charge in [-0.15, -0.1) is 0 Å². The molecule has 0 spiro atoms. The quantitative estimate of drug-likeness (QED) is 0.844. The first-order valence-corrected chi connectivity index (χ1v) is 7.83. The lowest BCUT2D eigenvalue weighted by Gasteiger charge is -2.34. The maximum absolute atomic E-state index is 12.6. The standard InChI is InChI=1S/C12H17ClN2O3S/c1-8-6-15(7-9(2)18-8)19(16,17)12-4-3-10(14)5-11(12)13/h3-5,8-9H,6-7,14H2,1-2H3/t8-,9+. The van der Waals surface area contributed by atoms with Gasteiger partial charge in [-0.05, 0) is 32.0 Å². The average Bonchev–Trinajstić information content (AvgIpc) is 2.26. The van der Waals surface area contributed by atoms with Crippen LogP contribution in [-0.4, -0.2) is 38.0 Å². The molecule has 2 atom stereocenters. The molecule has 1 aliphatic heterocycles. The number of anilines is 1. The molecule has 1 aliphatic rings. The van der Waals surface area contributed by atoms with Gasteiger partial charge in [0.1, 0.15) is 4.90 Å². The van der Waals surface area contributed by atoms with E-state index >= 15 is 0 Å². The fourth-order valence-corrected chi connectivity index (χ4v) is 4.31. The summed E-state index contributed by atoms with van der Waals surface area (Å²) < 4.78 is 32.1. The second-order valence-electron chi connectivity index (χ2n) is 4.77. The highest BCUT2D eigenvalue weighted by atomic mass is 35.5. The van der Waals surface area contributed by atoms with Crippen LogP contribution in [0.4, 0.5) is 5.69 Å². The number of nitrogen functional groups attached to an aromatic ring is 1. The van der Waals surface area contributed by atoms with Crippen LogP contribution < -0.4 is 5.73 Å². The molecule has 19 heavy (non-hydrogen) atoms. The number of nitrogens with zero attached hydrogens (tertiary/aromatic N) is 1. The van der Waals surface area contributed by atoms with E-state index in [4.69, 9.17) is 22.1 Å². The van der Waals surface area contributed by atoms with E-state index in [0.29, 0.717) is 18.8 Å². The number of benzene rings is 1. The lowest BCUT2D eigenvalue weighted by Crippen LogP contribution is -2.48. The van der Waals surface area contributed by atoms with Gasteiger partial charge in [-0.25, -0.2) is 8.42 Å². The minimum Gasteiger partial charge on any atom is -0.399 e. The summed E-state index contributed by atoms with van der Waals surface area (Å²) >= 11 is 5.99. The summed E-state index contributed by atoms with van der Waals surface area (Å²) in [5.41, 5.74) is 6.02. The molecule has 7 heteroatoms. The Bertz CT molecular complexity index is 566. The summed E-state index contributed by atoms with van der Waals surface area (Å²) in [7, 11) is -3.61. The number of sulfonamides is 1. The topological polar surface area (TPSA) is 72.6 Å². The van der Waals surface area contributed by atoms with Gasteiger partial charge in [-0.2, -0.15) is 4.31 Å². The zero-order chi connectivity index (χ0) is 14.2. The van der Waals surface area contributed by atoms with Crippen molar-refractivity contribution in [3.63, 3.8) is 0 Å². The van der Waals surface area contributed by atoms with Crippen molar-refractivity contribution < 1.29 is 13.2 Å². The Balaban J connectivity index is 2.36. The Morgan fingerprint density at radius 2 is 1.89 bits per heavy atom. The van der Waals surface area contributed by atoms with Gasteiger partial charge < -0.3 is 10.5 Å². The van der Waals surface area contributed by atoms with Crippen LogP contribution in [0.5, 0.6) is 0 Å². The minimum atomic E-state index is -3.61. The molecule has 106 valence electrons. The predicted molar refractivity (Wildman–Crippen MR) is 74.6 cm³/mol. The van der Waals surface area contributed by atoms with Gasteiger partial charge in [0.15, 0.2) is 0 Å². The molecule has 1 saturated heterocycles. The third-order valence-corrected chi connectivity index (χ3v) is 5.27. The molecule has 2 rings (SSSR count). The normalized spacial score (nSPS) is 25.4.